The molecule has 1 aromatic rings. The third kappa shape index (κ3) is 3.59. The molecule has 8 heteroatoms. The van der Waals surface area contributed by atoms with E-state index < -0.39 is 17.8 Å². The number of aromatic carboxylic acids is 1. The van der Waals surface area contributed by atoms with Crippen molar-refractivity contribution in [1.29, 1.82) is 0 Å². The Morgan fingerprint density at radius 2 is 2.17 bits per heavy atom. The van der Waals surface area contributed by atoms with Crippen LogP contribution >= 0.6 is 0 Å². The van der Waals surface area contributed by atoms with Crippen LogP contribution in [0.3, 0.4) is 0 Å². The summed E-state index contributed by atoms with van der Waals surface area (Å²) in [4.78, 5) is 14.1. The lowest BCUT2D eigenvalue weighted by molar-refractivity contribution is -0.141. The van der Waals surface area contributed by atoms with Crippen LogP contribution in [-0.2, 0) is 10.9 Å². The summed E-state index contributed by atoms with van der Waals surface area (Å²) < 4.78 is 42.0. The lowest BCUT2D eigenvalue weighted by atomic mass is 10.2. The second-order valence-electron chi connectivity index (χ2n) is 3.32. The first-order valence-corrected chi connectivity index (χ1v) is 4.90. The number of carboxylic acids is 1. The van der Waals surface area contributed by atoms with E-state index in [-0.39, 0.29) is 24.5 Å². The molecule has 0 aliphatic heterocycles. The van der Waals surface area contributed by atoms with Crippen molar-refractivity contribution in [2.75, 3.05) is 25.6 Å². The smallest absolute Gasteiger partial charge is 0.433 e. The summed E-state index contributed by atoms with van der Waals surface area (Å²) >= 11 is 0. The molecule has 0 saturated heterocycles. The van der Waals surface area contributed by atoms with Crippen LogP contribution in [0.2, 0.25) is 0 Å². The van der Waals surface area contributed by atoms with Crippen LogP contribution in [0.1, 0.15) is 16.1 Å². The zero-order chi connectivity index (χ0) is 13.8. The average molecular weight is 264 g/mol. The molecular formula is C10H11F3N2O3. The van der Waals surface area contributed by atoms with E-state index in [0.29, 0.717) is 6.07 Å². The predicted octanol–water partition coefficient (Wildman–Crippen LogP) is 1.86. The summed E-state index contributed by atoms with van der Waals surface area (Å²) in [5.74, 6) is -1.68. The molecule has 0 saturated carbocycles. The minimum atomic E-state index is -4.62. The van der Waals surface area contributed by atoms with Gasteiger partial charge in [0.05, 0.1) is 6.61 Å². The Balaban J connectivity index is 3.04. The van der Waals surface area contributed by atoms with Crippen LogP contribution in [0, 0.1) is 0 Å². The van der Waals surface area contributed by atoms with Gasteiger partial charge in [0.1, 0.15) is 17.1 Å². The van der Waals surface area contributed by atoms with E-state index in [1.165, 1.54) is 7.11 Å². The Morgan fingerprint density at radius 1 is 1.50 bits per heavy atom. The second kappa shape index (κ2) is 5.67. The van der Waals surface area contributed by atoms with Gasteiger partial charge in [-0.1, -0.05) is 0 Å². The predicted molar refractivity (Wildman–Crippen MR) is 56.6 cm³/mol. The Morgan fingerprint density at radius 3 is 2.67 bits per heavy atom. The lowest BCUT2D eigenvalue weighted by Gasteiger charge is -2.11. The monoisotopic (exact) mass is 264 g/mol. The van der Waals surface area contributed by atoms with Crippen LogP contribution in [0.15, 0.2) is 12.1 Å². The molecule has 0 atom stereocenters. The molecule has 2 N–H and O–H groups in total. The fraction of sp³-hybridized carbons (Fsp3) is 0.400. The van der Waals surface area contributed by atoms with Gasteiger partial charge in [0, 0.05) is 13.7 Å². The number of rotatable bonds is 5. The number of alkyl halides is 3. The van der Waals surface area contributed by atoms with E-state index in [4.69, 9.17) is 9.84 Å². The number of hydrogen-bond donors (Lipinski definition) is 2. The van der Waals surface area contributed by atoms with Gasteiger partial charge in [0.25, 0.3) is 0 Å². The van der Waals surface area contributed by atoms with Gasteiger partial charge in [0.2, 0.25) is 0 Å². The third-order valence-corrected chi connectivity index (χ3v) is 2.01. The van der Waals surface area contributed by atoms with Crippen molar-refractivity contribution in [3.8, 4) is 0 Å². The largest absolute Gasteiger partial charge is 0.478 e. The van der Waals surface area contributed by atoms with E-state index in [0.717, 1.165) is 6.07 Å². The number of pyridine rings is 1. The molecule has 5 nitrogen and oxygen atoms in total. The lowest BCUT2D eigenvalue weighted by Crippen LogP contribution is -2.16. The first-order chi connectivity index (χ1) is 8.36. The van der Waals surface area contributed by atoms with Crippen molar-refractivity contribution >= 4 is 11.8 Å². The molecule has 0 aromatic carbocycles. The quantitative estimate of drug-likeness (QED) is 0.794. The zero-order valence-electron chi connectivity index (χ0n) is 9.41. The van der Waals surface area contributed by atoms with Crippen molar-refractivity contribution in [3.05, 3.63) is 23.4 Å². The van der Waals surface area contributed by atoms with Gasteiger partial charge in [-0.3, -0.25) is 0 Å². The highest BCUT2D eigenvalue weighted by Gasteiger charge is 2.33. The summed E-state index contributed by atoms with van der Waals surface area (Å²) in [5.41, 5.74) is -1.47. The van der Waals surface area contributed by atoms with E-state index >= 15 is 0 Å². The van der Waals surface area contributed by atoms with Gasteiger partial charge < -0.3 is 15.2 Å². The summed E-state index contributed by atoms with van der Waals surface area (Å²) in [6.45, 7) is 0.377. The van der Waals surface area contributed by atoms with Crippen LogP contribution in [0.5, 0.6) is 0 Å². The number of carboxylic acid groups (broad SMARTS) is 1. The Bertz CT molecular complexity index is 435. The fourth-order valence-corrected chi connectivity index (χ4v) is 1.20. The molecule has 1 aromatic heterocycles. The summed E-state index contributed by atoms with van der Waals surface area (Å²) in [7, 11) is 1.42. The molecular weight excluding hydrogens is 253 g/mol. The van der Waals surface area contributed by atoms with Crippen LogP contribution < -0.4 is 5.32 Å². The van der Waals surface area contributed by atoms with Gasteiger partial charge in [-0.2, -0.15) is 13.2 Å². The fourth-order valence-electron chi connectivity index (χ4n) is 1.20. The molecule has 0 fully saturated rings. The Kier molecular flexibility index (Phi) is 4.49. The molecule has 0 spiro atoms. The number of nitrogens with one attached hydrogen (secondary N) is 1. The summed E-state index contributed by atoms with van der Waals surface area (Å²) in [5, 5.41) is 11.3. The maximum absolute atomic E-state index is 12.4. The van der Waals surface area contributed by atoms with Gasteiger partial charge in [0.15, 0.2) is 0 Å². The molecule has 0 unspecified atom stereocenters. The number of methoxy groups -OCH3 is 1. The minimum Gasteiger partial charge on any atom is -0.478 e. The highest BCUT2D eigenvalue weighted by Crippen LogP contribution is 2.29. The molecule has 0 radical (unpaired) electrons. The number of carbonyl (C=O) groups is 1. The molecule has 0 aliphatic carbocycles. The van der Waals surface area contributed by atoms with Crippen molar-refractivity contribution < 1.29 is 27.8 Å². The average Bonchev–Trinajstić information content (AvgIpc) is 2.27. The number of hydrogen-bond acceptors (Lipinski definition) is 4. The van der Waals surface area contributed by atoms with Gasteiger partial charge >= 0.3 is 12.1 Å². The molecule has 18 heavy (non-hydrogen) atoms. The normalized spacial score (nSPS) is 11.3. The number of ether oxygens (including phenoxy) is 1. The van der Waals surface area contributed by atoms with Gasteiger partial charge in [-0.15, -0.1) is 0 Å². The molecule has 1 rings (SSSR count). The number of anilines is 1. The Hall–Kier alpha value is -1.83. The molecule has 0 amide bonds. The van der Waals surface area contributed by atoms with Crippen molar-refractivity contribution in [2.45, 2.75) is 6.18 Å². The number of aromatic nitrogens is 1. The number of nitrogens with zero attached hydrogens (tertiary/aromatic N) is 1. The SMILES string of the molecule is COCCNc1nc(C(F)(F)F)ccc1C(=O)O. The van der Waals surface area contributed by atoms with E-state index in [1.54, 1.807) is 0 Å². The molecule has 1 heterocycles. The maximum atomic E-state index is 12.4. The van der Waals surface area contributed by atoms with E-state index in [2.05, 4.69) is 10.3 Å². The maximum Gasteiger partial charge on any atom is 0.433 e. The van der Waals surface area contributed by atoms with Crippen LogP contribution in [0.25, 0.3) is 0 Å². The molecule has 0 aliphatic rings. The highest BCUT2D eigenvalue weighted by molar-refractivity contribution is 5.93. The molecule has 100 valence electrons. The first kappa shape index (κ1) is 14.2. The third-order valence-electron chi connectivity index (χ3n) is 2.01. The van der Waals surface area contributed by atoms with E-state index in [1.807, 2.05) is 0 Å². The summed E-state index contributed by atoms with van der Waals surface area (Å²) in [6, 6.07) is 1.50. The Labute approximate surface area is 101 Å². The standard InChI is InChI=1S/C10H11F3N2O3/c1-18-5-4-14-8-6(9(16)17)2-3-7(15-8)10(11,12)13/h2-3H,4-5H2,1H3,(H,14,15)(H,16,17). The van der Waals surface area contributed by atoms with Crippen LogP contribution in [-0.4, -0.2) is 36.3 Å². The highest BCUT2D eigenvalue weighted by atomic mass is 19.4. The number of halogens is 3. The second-order valence-corrected chi connectivity index (χ2v) is 3.32. The van der Waals surface area contributed by atoms with Gasteiger partial charge in [-0.25, -0.2) is 9.78 Å². The minimum absolute atomic E-state index is 0.158. The molecule has 0 bridgehead atoms. The zero-order valence-corrected chi connectivity index (χ0v) is 9.41. The van der Waals surface area contributed by atoms with Crippen molar-refractivity contribution in [3.63, 3.8) is 0 Å². The first-order valence-electron chi connectivity index (χ1n) is 4.90. The van der Waals surface area contributed by atoms with Crippen molar-refractivity contribution in [1.82, 2.24) is 4.98 Å². The van der Waals surface area contributed by atoms with Crippen LogP contribution in [0.4, 0.5) is 19.0 Å². The summed E-state index contributed by atoms with van der Waals surface area (Å²) in [6.07, 6.45) is -4.62. The van der Waals surface area contributed by atoms with E-state index in [9.17, 15) is 18.0 Å². The van der Waals surface area contributed by atoms with Crippen molar-refractivity contribution in [2.24, 2.45) is 0 Å². The topological polar surface area (TPSA) is 71.5 Å². The van der Waals surface area contributed by atoms with Gasteiger partial charge in [-0.05, 0) is 12.1 Å².